The minimum atomic E-state index is -0.672. The summed E-state index contributed by atoms with van der Waals surface area (Å²) in [6, 6.07) is 2.16. The van der Waals surface area contributed by atoms with E-state index in [0.717, 1.165) is 12.1 Å². The van der Waals surface area contributed by atoms with Crippen LogP contribution < -0.4 is 4.74 Å². The van der Waals surface area contributed by atoms with Crippen LogP contribution in [0.25, 0.3) is 0 Å². The van der Waals surface area contributed by atoms with Gasteiger partial charge in [0, 0.05) is 11.6 Å². The van der Waals surface area contributed by atoms with Gasteiger partial charge in [-0.25, -0.2) is 14.0 Å². The highest BCUT2D eigenvalue weighted by Gasteiger charge is 2.19. The maximum atomic E-state index is 13.5. The molecule has 0 aliphatic carbocycles. The maximum absolute atomic E-state index is 13.5. The molecule has 0 bridgehead atoms. The quantitative estimate of drug-likeness (QED) is 0.800. The predicted molar refractivity (Wildman–Crippen MR) is 73.8 cm³/mol. The second kappa shape index (κ2) is 6.56. The normalized spacial score (nSPS) is 11.0. The van der Waals surface area contributed by atoms with Crippen molar-refractivity contribution >= 4 is 11.9 Å². The third-order valence-electron chi connectivity index (χ3n) is 2.50. The summed E-state index contributed by atoms with van der Waals surface area (Å²) >= 11 is 0. The van der Waals surface area contributed by atoms with Crippen molar-refractivity contribution in [2.45, 2.75) is 33.3 Å². The van der Waals surface area contributed by atoms with Gasteiger partial charge >= 0.3 is 11.9 Å². The topological polar surface area (TPSA) is 61.8 Å². The minimum Gasteiger partial charge on any atom is -0.481 e. The van der Waals surface area contributed by atoms with Gasteiger partial charge in [0.2, 0.25) is 0 Å². The highest BCUT2D eigenvalue weighted by atomic mass is 19.1. The maximum Gasteiger partial charge on any atom is 0.344 e. The van der Waals surface area contributed by atoms with Crippen LogP contribution in [-0.2, 0) is 14.3 Å². The number of rotatable bonds is 4. The molecule has 6 heteroatoms. The van der Waals surface area contributed by atoms with E-state index in [4.69, 9.17) is 9.47 Å². The Balaban J connectivity index is 2.87. The first-order valence-electron chi connectivity index (χ1n) is 6.37. The molecule has 0 saturated carbocycles. The van der Waals surface area contributed by atoms with Crippen LogP contribution in [-0.4, -0.2) is 31.3 Å². The van der Waals surface area contributed by atoms with E-state index in [2.05, 4.69) is 4.74 Å². The van der Waals surface area contributed by atoms with E-state index < -0.39 is 23.4 Å². The number of esters is 2. The van der Waals surface area contributed by atoms with Gasteiger partial charge < -0.3 is 14.2 Å². The van der Waals surface area contributed by atoms with Crippen molar-refractivity contribution in [1.29, 1.82) is 0 Å². The van der Waals surface area contributed by atoms with Gasteiger partial charge in [0.25, 0.3) is 0 Å². The monoisotopic (exact) mass is 298 g/mol. The lowest BCUT2D eigenvalue weighted by molar-refractivity contribution is -0.157. The highest BCUT2D eigenvalue weighted by Crippen LogP contribution is 2.24. The van der Waals surface area contributed by atoms with Gasteiger partial charge in [-0.1, -0.05) is 0 Å². The van der Waals surface area contributed by atoms with Crippen molar-refractivity contribution in [3.8, 4) is 5.75 Å². The molecule has 0 aliphatic heterocycles. The second-order valence-electron chi connectivity index (χ2n) is 5.44. The summed E-state index contributed by atoms with van der Waals surface area (Å²) in [5, 5.41) is 0. The summed E-state index contributed by atoms with van der Waals surface area (Å²) in [6.07, 6.45) is 0. The molecular formula is C15H19FO5. The molecule has 0 atom stereocenters. The molecule has 0 N–H and O–H groups in total. The molecule has 0 saturated heterocycles. The van der Waals surface area contributed by atoms with Crippen molar-refractivity contribution in [3.05, 3.63) is 29.1 Å². The average Bonchev–Trinajstić information content (AvgIpc) is 2.36. The van der Waals surface area contributed by atoms with Gasteiger partial charge in [0.05, 0.1) is 12.7 Å². The van der Waals surface area contributed by atoms with Crippen molar-refractivity contribution in [3.63, 3.8) is 0 Å². The van der Waals surface area contributed by atoms with E-state index in [1.54, 1.807) is 27.7 Å². The van der Waals surface area contributed by atoms with Crippen LogP contribution in [0.2, 0.25) is 0 Å². The summed E-state index contributed by atoms with van der Waals surface area (Å²) in [4.78, 5) is 23.1. The molecule has 1 rings (SSSR count). The number of hydrogen-bond donors (Lipinski definition) is 0. The summed E-state index contributed by atoms with van der Waals surface area (Å²) in [7, 11) is 1.20. The van der Waals surface area contributed by atoms with E-state index in [-0.39, 0.29) is 17.9 Å². The summed E-state index contributed by atoms with van der Waals surface area (Å²) in [5.41, 5.74) is -0.183. The van der Waals surface area contributed by atoms with E-state index >= 15 is 0 Å². The Labute approximate surface area is 123 Å². The molecule has 116 valence electrons. The average molecular weight is 298 g/mol. The van der Waals surface area contributed by atoms with Gasteiger partial charge in [0.1, 0.15) is 17.2 Å². The molecule has 0 unspecified atom stereocenters. The molecule has 0 aliphatic rings. The fourth-order valence-electron chi connectivity index (χ4n) is 1.63. The third-order valence-corrected chi connectivity index (χ3v) is 2.50. The van der Waals surface area contributed by atoms with Crippen LogP contribution in [0.15, 0.2) is 12.1 Å². The lowest BCUT2D eigenvalue weighted by atomic mass is 10.1. The zero-order valence-corrected chi connectivity index (χ0v) is 12.8. The number of carbonyl (C=O) groups excluding carboxylic acids is 2. The van der Waals surface area contributed by atoms with Crippen LogP contribution in [0, 0.1) is 12.7 Å². The van der Waals surface area contributed by atoms with Crippen LogP contribution in [0.4, 0.5) is 4.39 Å². The van der Waals surface area contributed by atoms with Gasteiger partial charge in [0.15, 0.2) is 6.61 Å². The fourth-order valence-corrected chi connectivity index (χ4v) is 1.63. The highest BCUT2D eigenvalue weighted by molar-refractivity contribution is 5.91. The molecule has 0 radical (unpaired) electrons. The Morgan fingerprint density at radius 2 is 1.86 bits per heavy atom. The SMILES string of the molecule is COC(=O)c1cc(F)cc(OCC(=O)OC(C)(C)C)c1C. The van der Waals surface area contributed by atoms with Gasteiger partial charge in [-0.05, 0) is 33.8 Å². The first kappa shape index (κ1) is 16.9. The number of carbonyl (C=O) groups is 2. The molecule has 0 amide bonds. The summed E-state index contributed by atoms with van der Waals surface area (Å²) in [5.74, 6) is -1.80. The molecule has 0 spiro atoms. The van der Waals surface area contributed by atoms with E-state index in [1.807, 2.05) is 0 Å². The minimum absolute atomic E-state index is 0.0525. The van der Waals surface area contributed by atoms with Crippen molar-refractivity contribution < 1.29 is 28.2 Å². The zero-order valence-electron chi connectivity index (χ0n) is 12.8. The summed E-state index contributed by atoms with van der Waals surface area (Å²) in [6.45, 7) is 6.40. The predicted octanol–water partition coefficient (Wildman–Crippen LogP) is 2.64. The Hall–Kier alpha value is -2.11. The Morgan fingerprint density at radius 3 is 2.38 bits per heavy atom. The standard InChI is InChI=1S/C15H19FO5/c1-9-11(14(18)19-5)6-10(16)7-12(9)20-8-13(17)21-15(2,3)4/h6-7H,8H2,1-5H3. The van der Waals surface area contributed by atoms with Crippen LogP contribution in [0.1, 0.15) is 36.7 Å². The molecule has 0 fully saturated rings. The molecule has 21 heavy (non-hydrogen) atoms. The number of ether oxygens (including phenoxy) is 3. The Kier molecular flexibility index (Phi) is 5.29. The second-order valence-corrected chi connectivity index (χ2v) is 5.44. The molecule has 1 aromatic carbocycles. The van der Waals surface area contributed by atoms with E-state index in [1.165, 1.54) is 7.11 Å². The molecular weight excluding hydrogens is 279 g/mol. The number of halogens is 1. The first-order valence-corrected chi connectivity index (χ1v) is 6.37. The molecule has 0 heterocycles. The zero-order chi connectivity index (χ0) is 16.2. The van der Waals surface area contributed by atoms with Crippen molar-refractivity contribution in [2.75, 3.05) is 13.7 Å². The van der Waals surface area contributed by atoms with Gasteiger partial charge in [-0.2, -0.15) is 0 Å². The van der Waals surface area contributed by atoms with Crippen LogP contribution in [0.3, 0.4) is 0 Å². The Bertz CT molecular complexity index is 546. The molecule has 0 aromatic heterocycles. The number of benzene rings is 1. The first-order chi connectivity index (χ1) is 9.64. The van der Waals surface area contributed by atoms with Crippen molar-refractivity contribution in [1.82, 2.24) is 0 Å². The smallest absolute Gasteiger partial charge is 0.344 e. The third kappa shape index (κ3) is 5.06. The lowest BCUT2D eigenvalue weighted by Gasteiger charge is -2.20. The number of hydrogen-bond acceptors (Lipinski definition) is 5. The number of methoxy groups -OCH3 is 1. The van der Waals surface area contributed by atoms with E-state index in [0.29, 0.717) is 5.56 Å². The molecule has 5 nitrogen and oxygen atoms in total. The Morgan fingerprint density at radius 1 is 1.24 bits per heavy atom. The van der Waals surface area contributed by atoms with Crippen LogP contribution in [0.5, 0.6) is 5.75 Å². The largest absolute Gasteiger partial charge is 0.481 e. The van der Waals surface area contributed by atoms with Crippen molar-refractivity contribution in [2.24, 2.45) is 0 Å². The van der Waals surface area contributed by atoms with Gasteiger partial charge in [-0.15, -0.1) is 0 Å². The van der Waals surface area contributed by atoms with Gasteiger partial charge in [-0.3, -0.25) is 0 Å². The fraction of sp³-hybridized carbons (Fsp3) is 0.467. The molecule has 1 aromatic rings. The summed E-state index contributed by atoms with van der Waals surface area (Å²) < 4.78 is 28.4. The lowest BCUT2D eigenvalue weighted by Crippen LogP contribution is -2.27. The van der Waals surface area contributed by atoms with Crippen LogP contribution >= 0.6 is 0 Å². The van der Waals surface area contributed by atoms with E-state index in [9.17, 15) is 14.0 Å².